The SMILES string of the molecule is CCCC[C@@]1(c2ccc(F)cc2)NC(=O)N(CC(=O)N2CCC[C@@H](C)C2)C1=O. The number of carbonyl (C=O) groups excluding carboxylic acids is 3. The zero-order valence-electron chi connectivity index (χ0n) is 16.5. The van der Waals surface area contributed by atoms with Crippen molar-refractivity contribution in [2.75, 3.05) is 19.6 Å². The number of hydrogen-bond acceptors (Lipinski definition) is 3. The maximum Gasteiger partial charge on any atom is 0.325 e. The maximum absolute atomic E-state index is 13.4. The van der Waals surface area contributed by atoms with E-state index in [1.165, 1.54) is 24.3 Å². The monoisotopic (exact) mass is 389 g/mol. The summed E-state index contributed by atoms with van der Waals surface area (Å²) in [5.41, 5.74) is -0.696. The number of amides is 4. The van der Waals surface area contributed by atoms with Crippen LogP contribution in [0.4, 0.5) is 9.18 Å². The van der Waals surface area contributed by atoms with Gasteiger partial charge in [-0.2, -0.15) is 0 Å². The molecule has 0 spiro atoms. The third-order valence-electron chi connectivity index (χ3n) is 5.72. The molecule has 6 nitrogen and oxygen atoms in total. The van der Waals surface area contributed by atoms with Crippen LogP contribution in [-0.2, 0) is 15.1 Å². The number of likely N-dealkylation sites (tertiary alicyclic amines) is 1. The van der Waals surface area contributed by atoms with Crippen molar-refractivity contribution in [1.82, 2.24) is 15.1 Å². The summed E-state index contributed by atoms with van der Waals surface area (Å²) >= 11 is 0. The standard InChI is InChI=1S/C21H28FN3O3/c1-3-4-11-21(16-7-9-17(22)10-8-16)19(27)25(20(28)23-21)14-18(26)24-12-5-6-15(2)13-24/h7-10,15H,3-6,11-14H2,1-2H3,(H,23,28)/t15-,21+/m1/s1. The molecule has 28 heavy (non-hydrogen) atoms. The fourth-order valence-electron chi connectivity index (χ4n) is 4.11. The van der Waals surface area contributed by atoms with Crippen molar-refractivity contribution < 1.29 is 18.8 Å². The molecule has 4 amide bonds. The van der Waals surface area contributed by atoms with Gasteiger partial charge in [0.25, 0.3) is 5.91 Å². The Kier molecular flexibility index (Phi) is 6.01. The quantitative estimate of drug-likeness (QED) is 0.761. The van der Waals surface area contributed by atoms with Crippen LogP contribution in [0, 0.1) is 11.7 Å². The zero-order chi connectivity index (χ0) is 20.3. The summed E-state index contributed by atoms with van der Waals surface area (Å²) in [6.45, 7) is 5.15. The zero-order valence-corrected chi connectivity index (χ0v) is 16.5. The van der Waals surface area contributed by atoms with Gasteiger partial charge in [-0.3, -0.25) is 14.5 Å². The Morgan fingerprint density at radius 1 is 1.29 bits per heavy atom. The largest absolute Gasteiger partial charge is 0.341 e. The van der Waals surface area contributed by atoms with Crippen molar-refractivity contribution in [3.05, 3.63) is 35.6 Å². The van der Waals surface area contributed by atoms with E-state index in [9.17, 15) is 18.8 Å². The van der Waals surface area contributed by atoms with Gasteiger partial charge < -0.3 is 10.2 Å². The number of imide groups is 1. The minimum Gasteiger partial charge on any atom is -0.341 e. The Balaban J connectivity index is 1.82. The Bertz CT molecular complexity index is 752. The summed E-state index contributed by atoms with van der Waals surface area (Å²) < 4.78 is 13.4. The molecule has 0 aromatic heterocycles. The van der Waals surface area contributed by atoms with Crippen molar-refractivity contribution in [3.8, 4) is 0 Å². The van der Waals surface area contributed by atoms with Crippen LogP contribution in [-0.4, -0.2) is 47.3 Å². The average molecular weight is 389 g/mol. The van der Waals surface area contributed by atoms with E-state index in [0.29, 0.717) is 31.0 Å². The van der Waals surface area contributed by atoms with Crippen LogP contribution in [0.5, 0.6) is 0 Å². The molecular weight excluding hydrogens is 361 g/mol. The molecule has 0 aliphatic carbocycles. The summed E-state index contributed by atoms with van der Waals surface area (Å²) in [5, 5.41) is 2.80. The average Bonchev–Trinajstić information content (AvgIpc) is 2.92. The molecule has 2 aliphatic rings. The van der Waals surface area contributed by atoms with E-state index in [2.05, 4.69) is 12.2 Å². The van der Waals surface area contributed by atoms with Crippen molar-refractivity contribution >= 4 is 17.8 Å². The lowest BCUT2D eigenvalue weighted by Crippen LogP contribution is -2.47. The molecule has 152 valence electrons. The van der Waals surface area contributed by atoms with Gasteiger partial charge in [-0.1, -0.05) is 38.8 Å². The van der Waals surface area contributed by atoms with Crippen LogP contribution >= 0.6 is 0 Å². The molecule has 3 rings (SSSR count). The number of unbranched alkanes of at least 4 members (excludes halogenated alkanes) is 1. The summed E-state index contributed by atoms with van der Waals surface area (Å²) in [4.78, 5) is 41.4. The van der Waals surface area contributed by atoms with Gasteiger partial charge in [-0.25, -0.2) is 9.18 Å². The second-order valence-electron chi connectivity index (χ2n) is 7.92. The van der Waals surface area contributed by atoms with Gasteiger partial charge in [0.15, 0.2) is 0 Å². The van der Waals surface area contributed by atoms with E-state index in [0.717, 1.165) is 30.6 Å². The lowest BCUT2D eigenvalue weighted by Gasteiger charge is -2.32. The van der Waals surface area contributed by atoms with Crippen molar-refractivity contribution in [1.29, 1.82) is 0 Å². The second-order valence-corrected chi connectivity index (χ2v) is 7.92. The first-order chi connectivity index (χ1) is 13.4. The minimum absolute atomic E-state index is 0.208. The molecule has 2 fully saturated rings. The molecule has 2 saturated heterocycles. The van der Waals surface area contributed by atoms with Crippen LogP contribution in [0.1, 0.15) is 51.5 Å². The highest BCUT2D eigenvalue weighted by Crippen LogP contribution is 2.34. The molecule has 0 bridgehead atoms. The number of halogens is 1. The van der Waals surface area contributed by atoms with Gasteiger partial charge in [0.2, 0.25) is 5.91 Å². The predicted molar refractivity (Wildman–Crippen MR) is 103 cm³/mol. The first kappa shape index (κ1) is 20.3. The van der Waals surface area contributed by atoms with E-state index in [4.69, 9.17) is 0 Å². The summed E-state index contributed by atoms with van der Waals surface area (Å²) in [5.74, 6) is -0.627. The smallest absolute Gasteiger partial charge is 0.325 e. The predicted octanol–water partition coefficient (Wildman–Crippen LogP) is 3.02. The Labute approximate surface area is 165 Å². The molecule has 0 saturated carbocycles. The highest BCUT2D eigenvalue weighted by atomic mass is 19.1. The van der Waals surface area contributed by atoms with Gasteiger partial charge >= 0.3 is 6.03 Å². The molecule has 2 heterocycles. The van der Waals surface area contributed by atoms with Gasteiger partial charge in [-0.15, -0.1) is 0 Å². The van der Waals surface area contributed by atoms with Gasteiger partial charge in [-0.05, 0) is 42.9 Å². The third kappa shape index (κ3) is 3.88. The Morgan fingerprint density at radius 2 is 2.00 bits per heavy atom. The molecule has 2 atom stereocenters. The first-order valence-electron chi connectivity index (χ1n) is 10.1. The van der Waals surface area contributed by atoms with Crippen LogP contribution < -0.4 is 5.32 Å². The fraction of sp³-hybridized carbons (Fsp3) is 0.571. The van der Waals surface area contributed by atoms with Gasteiger partial charge in [0.1, 0.15) is 17.9 Å². The highest BCUT2D eigenvalue weighted by Gasteiger charge is 2.52. The first-order valence-corrected chi connectivity index (χ1v) is 10.1. The number of nitrogens with zero attached hydrogens (tertiary/aromatic N) is 2. The van der Waals surface area contributed by atoms with Crippen LogP contribution in [0.15, 0.2) is 24.3 Å². The lowest BCUT2D eigenvalue weighted by atomic mass is 9.85. The number of rotatable bonds is 6. The molecule has 7 heteroatoms. The number of urea groups is 1. The molecule has 1 N–H and O–H groups in total. The van der Waals surface area contributed by atoms with Crippen molar-refractivity contribution in [2.45, 2.75) is 51.5 Å². The van der Waals surface area contributed by atoms with Crippen LogP contribution in [0.2, 0.25) is 0 Å². The molecule has 2 aliphatic heterocycles. The third-order valence-corrected chi connectivity index (χ3v) is 5.72. The van der Waals surface area contributed by atoms with Crippen molar-refractivity contribution in [3.63, 3.8) is 0 Å². The number of piperidine rings is 1. The topological polar surface area (TPSA) is 69.7 Å². The van der Waals surface area contributed by atoms with E-state index in [1.54, 1.807) is 4.90 Å². The maximum atomic E-state index is 13.4. The fourth-order valence-corrected chi connectivity index (χ4v) is 4.11. The van der Waals surface area contributed by atoms with Gasteiger partial charge in [0, 0.05) is 13.1 Å². The van der Waals surface area contributed by atoms with E-state index < -0.39 is 23.3 Å². The summed E-state index contributed by atoms with van der Waals surface area (Å²) in [7, 11) is 0. The lowest BCUT2D eigenvalue weighted by molar-refractivity contribution is -0.140. The number of hydrogen-bond donors (Lipinski definition) is 1. The number of carbonyl (C=O) groups is 3. The van der Waals surface area contributed by atoms with Crippen LogP contribution in [0.3, 0.4) is 0 Å². The second kappa shape index (κ2) is 8.29. The Morgan fingerprint density at radius 3 is 2.64 bits per heavy atom. The number of benzene rings is 1. The normalized spacial score (nSPS) is 25.2. The highest BCUT2D eigenvalue weighted by molar-refractivity contribution is 6.09. The van der Waals surface area contributed by atoms with Crippen molar-refractivity contribution in [2.24, 2.45) is 5.92 Å². The van der Waals surface area contributed by atoms with E-state index >= 15 is 0 Å². The van der Waals surface area contributed by atoms with E-state index in [1.807, 2.05) is 6.92 Å². The van der Waals surface area contributed by atoms with E-state index in [-0.39, 0.29) is 12.5 Å². The molecule has 1 aromatic rings. The van der Waals surface area contributed by atoms with Crippen LogP contribution in [0.25, 0.3) is 0 Å². The molecule has 0 unspecified atom stereocenters. The van der Waals surface area contributed by atoms with Gasteiger partial charge in [0.05, 0.1) is 0 Å². The Hall–Kier alpha value is -2.44. The number of nitrogens with one attached hydrogen (secondary N) is 1. The molecular formula is C21H28FN3O3. The summed E-state index contributed by atoms with van der Waals surface area (Å²) in [6.07, 6.45) is 3.98. The molecule has 0 radical (unpaired) electrons. The molecule has 1 aromatic carbocycles. The minimum atomic E-state index is -1.24. The summed E-state index contributed by atoms with van der Waals surface area (Å²) in [6, 6.07) is 5.06.